The van der Waals surface area contributed by atoms with Crippen molar-refractivity contribution in [1.29, 1.82) is 0 Å². The maximum absolute atomic E-state index is 12.9. The summed E-state index contributed by atoms with van der Waals surface area (Å²) >= 11 is 1.67. The number of aromatic nitrogens is 1. The molecule has 2 atom stereocenters. The van der Waals surface area contributed by atoms with Gasteiger partial charge in [0.15, 0.2) is 0 Å². The molecule has 0 amide bonds. The lowest BCUT2D eigenvalue weighted by Crippen LogP contribution is -2.27. The highest BCUT2D eigenvalue weighted by molar-refractivity contribution is 7.09. The molecule has 3 rings (SSSR count). The molecule has 21 heavy (non-hydrogen) atoms. The Bertz CT molecular complexity index is 595. The Balaban J connectivity index is 1.63. The first-order valence-electron chi connectivity index (χ1n) is 7.22. The number of aliphatic hydroxyl groups is 1. The van der Waals surface area contributed by atoms with Crippen molar-refractivity contribution in [3.63, 3.8) is 0 Å². The van der Waals surface area contributed by atoms with Gasteiger partial charge in [0, 0.05) is 17.6 Å². The molecule has 3 nitrogen and oxygen atoms in total. The molecule has 1 heterocycles. The number of benzene rings is 1. The Morgan fingerprint density at radius 3 is 2.67 bits per heavy atom. The topological polar surface area (TPSA) is 45.1 Å². The summed E-state index contributed by atoms with van der Waals surface area (Å²) in [4.78, 5) is 4.56. The molecule has 0 unspecified atom stereocenters. The predicted octanol–water partition coefficient (Wildman–Crippen LogP) is 3.36. The maximum atomic E-state index is 12.9. The van der Waals surface area contributed by atoms with Crippen molar-refractivity contribution in [2.75, 3.05) is 6.54 Å². The van der Waals surface area contributed by atoms with E-state index in [2.05, 4.69) is 15.7 Å². The van der Waals surface area contributed by atoms with Crippen molar-refractivity contribution >= 4 is 11.3 Å². The third kappa shape index (κ3) is 3.67. The van der Waals surface area contributed by atoms with E-state index in [-0.39, 0.29) is 11.9 Å². The average Bonchev–Trinajstić information content (AvgIpc) is 3.22. The molecule has 1 saturated carbocycles. The molecule has 0 saturated heterocycles. The lowest BCUT2D eigenvalue weighted by Gasteiger charge is -2.19. The highest BCUT2D eigenvalue weighted by Gasteiger charge is 2.34. The smallest absolute Gasteiger partial charge is 0.123 e. The normalized spacial score (nSPS) is 17.7. The number of rotatable bonds is 6. The van der Waals surface area contributed by atoms with Gasteiger partial charge in [-0.1, -0.05) is 12.1 Å². The van der Waals surface area contributed by atoms with Crippen molar-refractivity contribution in [2.45, 2.75) is 31.9 Å². The number of hydrogen-bond donors (Lipinski definition) is 2. The third-order valence-corrected chi connectivity index (χ3v) is 4.83. The number of aliphatic hydroxyl groups excluding tert-OH is 1. The largest absolute Gasteiger partial charge is 0.387 e. The lowest BCUT2D eigenvalue weighted by atomic mass is 10.1. The van der Waals surface area contributed by atoms with Gasteiger partial charge in [-0.2, -0.15) is 0 Å². The number of nitrogens with zero attached hydrogens (tertiary/aromatic N) is 1. The van der Waals surface area contributed by atoms with Crippen molar-refractivity contribution in [3.8, 4) is 0 Å². The third-order valence-electron chi connectivity index (χ3n) is 3.78. The van der Waals surface area contributed by atoms with E-state index in [9.17, 15) is 9.50 Å². The van der Waals surface area contributed by atoms with Crippen LogP contribution in [0, 0.1) is 18.7 Å². The van der Waals surface area contributed by atoms with Crippen LogP contribution in [-0.2, 0) is 0 Å². The fourth-order valence-corrected chi connectivity index (χ4v) is 3.40. The monoisotopic (exact) mass is 306 g/mol. The molecule has 5 heteroatoms. The Hall–Kier alpha value is -1.30. The van der Waals surface area contributed by atoms with Crippen LogP contribution in [0.1, 0.15) is 41.3 Å². The summed E-state index contributed by atoms with van der Waals surface area (Å²) < 4.78 is 12.9. The van der Waals surface area contributed by atoms with Gasteiger partial charge in [-0.05, 0) is 43.4 Å². The summed E-state index contributed by atoms with van der Waals surface area (Å²) in [5.74, 6) is 0.337. The second kappa shape index (κ2) is 6.22. The van der Waals surface area contributed by atoms with E-state index in [4.69, 9.17) is 0 Å². The van der Waals surface area contributed by atoms with Crippen molar-refractivity contribution in [1.82, 2.24) is 10.3 Å². The highest BCUT2D eigenvalue weighted by Crippen LogP contribution is 2.42. The molecule has 112 valence electrons. The summed E-state index contributed by atoms with van der Waals surface area (Å²) in [6, 6.07) is 6.23. The van der Waals surface area contributed by atoms with E-state index in [0.717, 1.165) is 16.3 Å². The summed E-state index contributed by atoms with van der Waals surface area (Å²) in [5, 5.41) is 16.8. The van der Waals surface area contributed by atoms with Crippen LogP contribution < -0.4 is 5.32 Å². The zero-order valence-corrected chi connectivity index (χ0v) is 12.7. The van der Waals surface area contributed by atoms with Crippen LogP contribution in [0.4, 0.5) is 4.39 Å². The Kier molecular flexibility index (Phi) is 4.33. The van der Waals surface area contributed by atoms with Gasteiger partial charge >= 0.3 is 0 Å². The summed E-state index contributed by atoms with van der Waals surface area (Å²) in [6.07, 6.45) is 1.79. The van der Waals surface area contributed by atoms with Crippen LogP contribution in [0.25, 0.3) is 0 Å². The first kappa shape index (κ1) is 14.6. The maximum Gasteiger partial charge on any atom is 0.123 e. The molecule has 1 aromatic heterocycles. The van der Waals surface area contributed by atoms with Gasteiger partial charge < -0.3 is 10.4 Å². The number of thiazole rings is 1. The molecule has 0 radical (unpaired) electrons. The second-order valence-electron chi connectivity index (χ2n) is 5.62. The fraction of sp³-hybridized carbons (Fsp3) is 0.438. The number of halogens is 1. The highest BCUT2D eigenvalue weighted by atomic mass is 32.1. The Labute approximate surface area is 127 Å². The van der Waals surface area contributed by atoms with Crippen molar-refractivity contribution in [3.05, 3.63) is 51.7 Å². The minimum Gasteiger partial charge on any atom is -0.387 e. The van der Waals surface area contributed by atoms with Crippen molar-refractivity contribution in [2.24, 2.45) is 5.92 Å². The van der Waals surface area contributed by atoms with E-state index in [1.54, 1.807) is 23.5 Å². The van der Waals surface area contributed by atoms with Crippen LogP contribution in [0.15, 0.2) is 29.6 Å². The van der Waals surface area contributed by atoms with Gasteiger partial charge in [0.25, 0.3) is 0 Å². The molecule has 0 aliphatic heterocycles. The zero-order chi connectivity index (χ0) is 14.8. The molecular formula is C16H19FN2OS. The first-order valence-corrected chi connectivity index (χ1v) is 8.10. The van der Waals surface area contributed by atoms with Crippen LogP contribution in [0.2, 0.25) is 0 Å². The minimum atomic E-state index is -0.632. The van der Waals surface area contributed by atoms with Gasteiger partial charge in [-0.25, -0.2) is 9.37 Å². The quantitative estimate of drug-likeness (QED) is 0.860. The van der Waals surface area contributed by atoms with Gasteiger partial charge in [0.1, 0.15) is 10.8 Å². The predicted molar refractivity (Wildman–Crippen MR) is 81.7 cm³/mol. The Morgan fingerprint density at radius 1 is 1.38 bits per heavy atom. The van der Waals surface area contributed by atoms with E-state index in [1.165, 1.54) is 25.0 Å². The van der Waals surface area contributed by atoms with E-state index >= 15 is 0 Å². The van der Waals surface area contributed by atoms with Crippen molar-refractivity contribution < 1.29 is 9.50 Å². The molecule has 1 aliphatic carbocycles. The molecule has 1 aromatic carbocycles. The first-order chi connectivity index (χ1) is 10.1. The number of nitrogens with one attached hydrogen (secondary N) is 1. The minimum absolute atomic E-state index is 0.221. The van der Waals surface area contributed by atoms with Gasteiger partial charge in [0.2, 0.25) is 0 Å². The van der Waals surface area contributed by atoms with Gasteiger partial charge in [-0.15, -0.1) is 11.3 Å². The average molecular weight is 306 g/mol. The van der Waals surface area contributed by atoms with E-state index in [1.807, 2.05) is 6.92 Å². The molecule has 2 N–H and O–H groups in total. The SMILES string of the molecule is Cc1csc([C@@H](NC[C@H](O)c2ccc(F)cc2)C2CC2)n1. The van der Waals surface area contributed by atoms with Gasteiger partial charge in [-0.3, -0.25) is 0 Å². The molecule has 0 bridgehead atoms. The molecule has 1 aliphatic rings. The zero-order valence-electron chi connectivity index (χ0n) is 11.9. The fourth-order valence-electron chi connectivity index (χ4n) is 2.44. The molecule has 2 aromatic rings. The van der Waals surface area contributed by atoms with Crippen LogP contribution >= 0.6 is 11.3 Å². The second-order valence-corrected chi connectivity index (χ2v) is 6.51. The number of hydrogen-bond acceptors (Lipinski definition) is 4. The standard InChI is InChI=1S/C16H19FN2OS/c1-10-9-21-16(19-10)15(12-2-3-12)18-8-14(20)11-4-6-13(17)7-5-11/h4-7,9,12,14-15,18,20H,2-3,8H2,1H3/t14-,15-/m0/s1. The molecule has 0 spiro atoms. The lowest BCUT2D eigenvalue weighted by molar-refractivity contribution is 0.168. The summed E-state index contributed by atoms with van der Waals surface area (Å²) in [5.41, 5.74) is 1.77. The molecule has 1 fully saturated rings. The Morgan fingerprint density at radius 2 is 2.10 bits per heavy atom. The van der Waals surface area contributed by atoms with Crippen LogP contribution in [-0.4, -0.2) is 16.6 Å². The molecular weight excluding hydrogens is 287 g/mol. The van der Waals surface area contributed by atoms with Gasteiger partial charge in [0.05, 0.1) is 12.1 Å². The number of aryl methyl sites for hydroxylation is 1. The van der Waals surface area contributed by atoms with Crippen LogP contribution in [0.3, 0.4) is 0 Å². The van der Waals surface area contributed by atoms with Crippen LogP contribution in [0.5, 0.6) is 0 Å². The van der Waals surface area contributed by atoms with E-state index < -0.39 is 6.10 Å². The summed E-state index contributed by atoms with van der Waals surface area (Å²) in [6.45, 7) is 2.45. The van der Waals surface area contributed by atoms with E-state index in [0.29, 0.717) is 12.5 Å². The summed E-state index contributed by atoms with van der Waals surface area (Å²) in [7, 11) is 0.